The number of rotatable bonds is 8. The van der Waals surface area contributed by atoms with E-state index in [-0.39, 0.29) is 23.1 Å². The molecule has 26 heavy (non-hydrogen) atoms. The molecule has 0 saturated heterocycles. The zero-order valence-corrected chi connectivity index (χ0v) is 16.5. The maximum absolute atomic E-state index is 12.5. The first-order valence-corrected chi connectivity index (χ1v) is 10.4. The summed E-state index contributed by atoms with van der Waals surface area (Å²) in [5, 5.41) is 11.7. The molecule has 1 atom stereocenters. The van der Waals surface area contributed by atoms with Crippen LogP contribution in [0.15, 0.2) is 34.7 Å². The highest BCUT2D eigenvalue weighted by atomic mass is 32.2. The lowest BCUT2D eigenvalue weighted by molar-refractivity contribution is -0.120. The van der Waals surface area contributed by atoms with Gasteiger partial charge in [-0.3, -0.25) is 14.5 Å². The van der Waals surface area contributed by atoms with E-state index >= 15 is 0 Å². The lowest BCUT2D eigenvalue weighted by Gasteiger charge is -2.15. The fourth-order valence-electron chi connectivity index (χ4n) is 2.57. The van der Waals surface area contributed by atoms with E-state index in [4.69, 9.17) is 0 Å². The van der Waals surface area contributed by atoms with Crippen molar-refractivity contribution in [3.8, 4) is 0 Å². The van der Waals surface area contributed by atoms with Gasteiger partial charge in [0.05, 0.1) is 5.25 Å². The van der Waals surface area contributed by atoms with Crippen molar-refractivity contribution in [2.75, 3.05) is 4.90 Å². The smallest absolute Gasteiger partial charge is 0.233 e. The van der Waals surface area contributed by atoms with Crippen LogP contribution in [-0.2, 0) is 16.1 Å². The fourth-order valence-corrected chi connectivity index (χ4v) is 4.72. The Kier molecular flexibility index (Phi) is 6.26. The monoisotopic (exact) mass is 390 g/mol. The molecule has 0 radical (unpaired) electrons. The second-order valence-electron chi connectivity index (χ2n) is 6.19. The lowest BCUT2D eigenvalue weighted by atomic mass is 10.2. The van der Waals surface area contributed by atoms with E-state index in [0.717, 1.165) is 18.4 Å². The minimum Gasteiger partial charge on any atom is -0.351 e. The second kappa shape index (κ2) is 8.64. The minimum atomic E-state index is -0.230. The van der Waals surface area contributed by atoms with Crippen molar-refractivity contribution < 1.29 is 9.59 Å². The van der Waals surface area contributed by atoms with Gasteiger partial charge in [0, 0.05) is 19.5 Å². The highest BCUT2D eigenvalue weighted by Crippen LogP contribution is 2.37. The summed E-state index contributed by atoms with van der Waals surface area (Å²) in [5.74, 6) is -0.0171. The third-order valence-corrected chi connectivity index (χ3v) is 6.44. The zero-order chi connectivity index (χ0) is 18.5. The number of benzene rings is 1. The summed E-state index contributed by atoms with van der Waals surface area (Å²) in [5.41, 5.74) is 1.07. The van der Waals surface area contributed by atoms with Gasteiger partial charge in [0.1, 0.15) is 0 Å². The van der Waals surface area contributed by atoms with Crippen molar-refractivity contribution in [1.82, 2.24) is 15.5 Å². The van der Waals surface area contributed by atoms with Gasteiger partial charge in [-0.25, -0.2) is 0 Å². The molecule has 2 aromatic rings. The molecule has 3 rings (SSSR count). The van der Waals surface area contributed by atoms with Gasteiger partial charge in [-0.1, -0.05) is 60.4 Å². The average Bonchev–Trinajstić information content (AvgIpc) is 3.36. The van der Waals surface area contributed by atoms with Crippen molar-refractivity contribution in [3.05, 3.63) is 35.9 Å². The number of thioether (sulfide) groups is 1. The van der Waals surface area contributed by atoms with E-state index in [1.165, 1.54) is 23.1 Å². The van der Waals surface area contributed by atoms with Crippen LogP contribution < -0.4 is 10.2 Å². The molecule has 1 aromatic heterocycles. The topological polar surface area (TPSA) is 75.2 Å². The van der Waals surface area contributed by atoms with Crippen molar-refractivity contribution in [3.63, 3.8) is 0 Å². The third-order valence-electron chi connectivity index (χ3n) is 4.07. The number of hydrogen-bond donors (Lipinski definition) is 1. The summed E-state index contributed by atoms with van der Waals surface area (Å²) >= 11 is 2.79. The Morgan fingerprint density at radius 1 is 1.31 bits per heavy atom. The molecule has 0 bridgehead atoms. The van der Waals surface area contributed by atoms with Gasteiger partial charge in [-0.15, -0.1) is 10.2 Å². The summed E-state index contributed by atoms with van der Waals surface area (Å²) < 4.78 is 0.716. The number of nitrogens with one attached hydrogen (secondary N) is 1. The molecule has 0 aliphatic heterocycles. The van der Waals surface area contributed by atoms with E-state index in [2.05, 4.69) is 15.5 Å². The van der Waals surface area contributed by atoms with Gasteiger partial charge in [-0.05, 0) is 24.8 Å². The second-order valence-corrected chi connectivity index (χ2v) is 8.59. The van der Waals surface area contributed by atoms with E-state index in [1.54, 1.807) is 11.8 Å². The summed E-state index contributed by atoms with van der Waals surface area (Å²) in [7, 11) is 0. The molecule has 1 aliphatic rings. The van der Waals surface area contributed by atoms with E-state index in [0.29, 0.717) is 22.4 Å². The molecule has 8 heteroatoms. The van der Waals surface area contributed by atoms with E-state index in [1.807, 2.05) is 37.3 Å². The Balaban J connectivity index is 1.59. The summed E-state index contributed by atoms with van der Waals surface area (Å²) in [4.78, 5) is 26.0. The minimum absolute atomic E-state index is 0.00662. The number of hydrogen-bond acceptors (Lipinski definition) is 6. The Morgan fingerprint density at radius 2 is 2.04 bits per heavy atom. The Morgan fingerprint density at radius 3 is 2.65 bits per heavy atom. The van der Waals surface area contributed by atoms with Gasteiger partial charge < -0.3 is 5.32 Å². The molecule has 1 N–H and O–H groups in total. The molecule has 1 saturated carbocycles. The van der Waals surface area contributed by atoms with Crippen LogP contribution in [0, 0.1) is 0 Å². The number of carbonyl (C=O) groups is 2. The van der Waals surface area contributed by atoms with Crippen LogP contribution in [0.2, 0.25) is 0 Å². The van der Waals surface area contributed by atoms with Crippen LogP contribution in [-0.4, -0.2) is 33.3 Å². The lowest BCUT2D eigenvalue weighted by Crippen LogP contribution is -2.31. The van der Waals surface area contributed by atoms with Gasteiger partial charge in [0.25, 0.3) is 0 Å². The Hall–Kier alpha value is -1.93. The van der Waals surface area contributed by atoms with Crippen molar-refractivity contribution in [1.29, 1.82) is 0 Å². The molecule has 1 aromatic carbocycles. The SMILES string of the molecule is CCC(Sc1nnc(N(C(C)=O)C2CC2)s1)C(=O)NCc1ccccc1. The molecule has 1 heterocycles. The fraction of sp³-hybridized carbons (Fsp3) is 0.444. The molecule has 2 amide bonds. The zero-order valence-electron chi connectivity index (χ0n) is 14.8. The number of nitrogens with zero attached hydrogens (tertiary/aromatic N) is 3. The van der Waals surface area contributed by atoms with Gasteiger partial charge in [0.2, 0.25) is 16.9 Å². The number of aromatic nitrogens is 2. The molecule has 1 fully saturated rings. The van der Waals surface area contributed by atoms with Crippen molar-refractivity contribution in [2.45, 2.75) is 55.3 Å². The predicted molar refractivity (Wildman–Crippen MR) is 104 cm³/mol. The van der Waals surface area contributed by atoms with Crippen molar-refractivity contribution in [2.24, 2.45) is 0 Å². The molecular weight excluding hydrogens is 368 g/mol. The van der Waals surface area contributed by atoms with Crippen LogP contribution in [0.25, 0.3) is 0 Å². The number of anilines is 1. The van der Waals surface area contributed by atoms with Crippen LogP contribution in [0.4, 0.5) is 5.13 Å². The van der Waals surface area contributed by atoms with Crippen LogP contribution in [0.3, 0.4) is 0 Å². The van der Waals surface area contributed by atoms with Crippen LogP contribution >= 0.6 is 23.1 Å². The molecule has 0 spiro atoms. The van der Waals surface area contributed by atoms with E-state index < -0.39 is 0 Å². The first kappa shape index (κ1) is 18.8. The molecule has 1 unspecified atom stereocenters. The van der Waals surface area contributed by atoms with E-state index in [9.17, 15) is 9.59 Å². The summed E-state index contributed by atoms with van der Waals surface area (Å²) in [6, 6.07) is 10.1. The van der Waals surface area contributed by atoms with Gasteiger partial charge in [0.15, 0.2) is 4.34 Å². The average molecular weight is 391 g/mol. The maximum Gasteiger partial charge on any atom is 0.233 e. The number of carbonyl (C=O) groups excluding carboxylic acids is 2. The van der Waals surface area contributed by atoms with Crippen molar-refractivity contribution >= 4 is 40.0 Å². The first-order chi connectivity index (χ1) is 12.6. The molecule has 6 nitrogen and oxygen atoms in total. The summed E-state index contributed by atoms with van der Waals surface area (Å²) in [6.45, 7) is 4.05. The van der Waals surface area contributed by atoms with Crippen LogP contribution in [0.1, 0.15) is 38.7 Å². The largest absolute Gasteiger partial charge is 0.351 e. The molecular formula is C18H22N4O2S2. The number of amides is 2. The molecule has 1 aliphatic carbocycles. The highest BCUT2D eigenvalue weighted by molar-refractivity contribution is 8.02. The Labute approximate surface area is 161 Å². The third kappa shape index (κ3) is 4.82. The van der Waals surface area contributed by atoms with Crippen LogP contribution in [0.5, 0.6) is 0 Å². The molecule has 138 valence electrons. The standard InChI is InChI=1S/C18H22N4O2S2/c1-3-15(16(24)19-11-13-7-5-4-6-8-13)25-18-21-20-17(26-18)22(12(2)23)14-9-10-14/h4-8,14-15H,3,9-11H2,1-2H3,(H,19,24). The van der Waals surface area contributed by atoms with Gasteiger partial charge >= 0.3 is 0 Å². The summed E-state index contributed by atoms with van der Waals surface area (Å²) in [6.07, 6.45) is 2.72. The maximum atomic E-state index is 12.5. The van der Waals surface area contributed by atoms with Gasteiger partial charge in [-0.2, -0.15) is 0 Å². The Bertz CT molecular complexity index is 762. The first-order valence-electron chi connectivity index (χ1n) is 8.70. The highest BCUT2D eigenvalue weighted by Gasteiger charge is 2.34. The normalized spacial score (nSPS) is 14.7. The quantitative estimate of drug-likeness (QED) is 0.553. The predicted octanol–water partition coefficient (Wildman–Crippen LogP) is 3.24.